The Labute approximate surface area is 129 Å². The first-order valence-electron chi connectivity index (χ1n) is 6.50. The molecule has 1 aromatic carbocycles. The topological polar surface area (TPSA) is 40.5 Å². The Balaban J connectivity index is 2.75. The van der Waals surface area contributed by atoms with Crippen LogP contribution in [0, 0.1) is 0 Å². The number of hydrogen-bond donors (Lipinski definition) is 1. The minimum Gasteiger partial charge on any atom is -0.396 e. The van der Waals surface area contributed by atoms with Gasteiger partial charge in [-0.25, -0.2) is 0 Å². The molecular formula is C15H19Cl2NO2. The SMILES string of the molecule is CC(C)N(CCCO)C(=O)/C=C/c1ccc(Cl)c(Cl)c1. The maximum Gasteiger partial charge on any atom is 0.246 e. The van der Waals surface area contributed by atoms with E-state index < -0.39 is 0 Å². The van der Waals surface area contributed by atoms with Crippen molar-refractivity contribution in [2.24, 2.45) is 0 Å². The standard InChI is InChI=1S/C15H19Cl2NO2/c1-11(2)18(8-3-9-19)15(20)7-5-12-4-6-13(16)14(17)10-12/h4-7,10-11,19H,3,8-9H2,1-2H3/b7-5+. The van der Waals surface area contributed by atoms with Crippen molar-refractivity contribution < 1.29 is 9.90 Å². The Kier molecular flexibility index (Phi) is 7.06. The molecule has 0 aliphatic carbocycles. The van der Waals surface area contributed by atoms with E-state index in [9.17, 15) is 4.79 Å². The first kappa shape index (κ1) is 17.0. The van der Waals surface area contributed by atoms with Gasteiger partial charge in [-0.2, -0.15) is 0 Å². The highest BCUT2D eigenvalue weighted by atomic mass is 35.5. The highest BCUT2D eigenvalue weighted by Crippen LogP contribution is 2.23. The van der Waals surface area contributed by atoms with E-state index in [1.54, 1.807) is 29.2 Å². The predicted octanol–water partition coefficient (Wildman–Crippen LogP) is 3.63. The smallest absolute Gasteiger partial charge is 0.246 e. The number of halogens is 2. The molecule has 0 fully saturated rings. The molecule has 0 aromatic heterocycles. The van der Waals surface area contributed by atoms with Gasteiger partial charge in [0.25, 0.3) is 0 Å². The zero-order chi connectivity index (χ0) is 15.1. The van der Waals surface area contributed by atoms with Crippen molar-refractivity contribution in [1.82, 2.24) is 4.90 Å². The molecule has 3 nitrogen and oxygen atoms in total. The third-order valence-electron chi connectivity index (χ3n) is 2.83. The Morgan fingerprint density at radius 3 is 2.60 bits per heavy atom. The lowest BCUT2D eigenvalue weighted by Crippen LogP contribution is -2.36. The minimum atomic E-state index is -0.0838. The summed E-state index contributed by atoms with van der Waals surface area (Å²) in [6.07, 6.45) is 3.79. The van der Waals surface area contributed by atoms with E-state index in [0.29, 0.717) is 23.0 Å². The fourth-order valence-electron chi connectivity index (χ4n) is 1.74. The fourth-order valence-corrected chi connectivity index (χ4v) is 2.05. The van der Waals surface area contributed by atoms with Crippen LogP contribution >= 0.6 is 23.2 Å². The number of nitrogens with zero attached hydrogens (tertiary/aromatic N) is 1. The van der Waals surface area contributed by atoms with E-state index in [1.165, 1.54) is 6.08 Å². The molecule has 1 aromatic rings. The molecule has 0 unspecified atom stereocenters. The molecule has 1 N–H and O–H groups in total. The summed E-state index contributed by atoms with van der Waals surface area (Å²) in [5.41, 5.74) is 0.818. The molecule has 110 valence electrons. The maximum atomic E-state index is 12.1. The highest BCUT2D eigenvalue weighted by molar-refractivity contribution is 6.42. The summed E-state index contributed by atoms with van der Waals surface area (Å²) in [5, 5.41) is 9.81. The number of aliphatic hydroxyl groups excluding tert-OH is 1. The first-order valence-corrected chi connectivity index (χ1v) is 7.26. The van der Waals surface area contributed by atoms with Gasteiger partial charge in [-0.1, -0.05) is 29.3 Å². The number of aliphatic hydroxyl groups is 1. The van der Waals surface area contributed by atoms with Crippen LogP contribution < -0.4 is 0 Å². The molecule has 1 amide bonds. The number of amides is 1. The Morgan fingerprint density at radius 1 is 1.35 bits per heavy atom. The zero-order valence-corrected chi connectivity index (χ0v) is 13.2. The number of carbonyl (C=O) groups is 1. The van der Waals surface area contributed by atoms with Gasteiger partial charge in [0.2, 0.25) is 5.91 Å². The monoisotopic (exact) mass is 315 g/mol. The largest absolute Gasteiger partial charge is 0.396 e. The van der Waals surface area contributed by atoms with Gasteiger partial charge in [0.1, 0.15) is 0 Å². The lowest BCUT2D eigenvalue weighted by Gasteiger charge is -2.25. The van der Waals surface area contributed by atoms with Gasteiger partial charge >= 0.3 is 0 Å². The molecule has 0 atom stereocenters. The van der Waals surface area contributed by atoms with Crippen LogP contribution in [-0.4, -0.2) is 35.1 Å². The average Bonchev–Trinajstić information content (AvgIpc) is 2.40. The summed E-state index contributed by atoms with van der Waals surface area (Å²) in [4.78, 5) is 13.8. The molecule has 0 saturated carbocycles. The molecule has 0 heterocycles. The number of hydrogen-bond acceptors (Lipinski definition) is 2. The van der Waals surface area contributed by atoms with E-state index in [2.05, 4.69) is 0 Å². The Bertz CT molecular complexity index is 487. The molecule has 0 aliphatic rings. The van der Waals surface area contributed by atoms with Crippen molar-refractivity contribution in [3.05, 3.63) is 39.9 Å². The van der Waals surface area contributed by atoms with Gasteiger partial charge in [0, 0.05) is 25.3 Å². The van der Waals surface area contributed by atoms with E-state index in [0.717, 1.165) is 5.56 Å². The summed E-state index contributed by atoms with van der Waals surface area (Å²) in [7, 11) is 0. The summed E-state index contributed by atoms with van der Waals surface area (Å²) >= 11 is 11.8. The number of carbonyl (C=O) groups excluding carboxylic acids is 1. The minimum absolute atomic E-state index is 0.0764. The van der Waals surface area contributed by atoms with Gasteiger partial charge in [0.05, 0.1) is 10.0 Å². The van der Waals surface area contributed by atoms with Crippen LogP contribution in [0.1, 0.15) is 25.8 Å². The van der Waals surface area contributed by atoms with Crippen LogP contribution in [-0.2, 0) is 4.79 Å². The normalized spacial score (nSPS) is 11.3. The molecule has 0 radical (unpaired) electrons. The molecule has 0 spiro atoms. The van der Waals surface area contributed by atoms with E-state index >= 15 is 0 Å². The number of benzene rings is 1. The first-order chi connectivity index (χ1) is 9.45. The molecule has 0 aliphatic heterocycles. The second-order valence-corrected chi connectivity index (χ2v) is 5.52. The van der Waals surface area contributed by atoms with Crippen LogP contribution in [0.4, 0.5) is 0 Å². The van der Waals surface area contributed by atoms with Crippen molar-refractivity contribution in [1.29, 1.82) is 0 Å². The molecule has 5 heteroatoms. The van der Waals surface area contributed by atoms with Crippen molar-refractivity contribution in [2.75, 3.05) is 13.2 Å². The van der Waals surface area contributed by atoms with Gasteiger partial charge in [0.15, 0.2) is 0 Å². The molecule has 0 saturated heterocycles. The van der Waals surface area contributed by atoms with Crippen LogP contribution in [0.15, 0.2) is 24.3 Å². The highest BCUT2D eigenvalue weighted by Gasteiger charge is 2.13. The summed E-state index contributed by atoms with van der Waals surface area (Å²) in [6.45, 7) is 4.51. The molecular weight excluding hydrogens is 297 g/mol. The third kappa shape index (κ3) is 5.16. The van der Waals surface area contributed by atoms with Crippen LogP contribution in [0.25, 0.3) is 6.08 Å². The van der Waals surface area contributed by atoms with Crippen LogP contribution in [0.2, 0.25) is 10.0 Å². The van der Waals surface area contributed by atoms with E-state index in [-0.39, 0.29) is 18.6 Å². The zero-order valence-electron chi connectivity index (χ0n) is 11.6. The second-order valence-electron chi connectivity index (χ2n) is 4.71. The van der Waals surface area contributed by atoms with E-state index in [4.69, 9.17) is 28.3 Å². The van der Waals surface area contributed by atoms with Gasteiger partial charge < -0.3 is 10.0 Å². The summed E-state index contributed by atoms with van der Waals surface area (Å²) < 4.78 is 0. The maximum absolute atomic E-state index is 12.1. The molecule has 20 heavy (non-hydrogen) atoms. The predicted molar refractivity (Wildman–Crippen MR) is 84.0 cm³/mol. The van der Waals surface area contributed by atoms with Crippen LogP contribution in [0.3, 0.4) is 0 Å². The van der Waals surface area contributed by atoms with Gasteiger partial charge in [-0.3, -0.25) is 4.79 Å². The van der Waals surface area contributed by atoms with Crippen LogP contribution in [0.5, 0.6) is 0 Å². The Hall–Kier alpha value is -1.03. The summed E-state index contributed by atoms with van der Waals surface area (Å²) in [5.74, 6) is -0.0838. The summed E-state index contributed by atoms with van der Waals surface area (Å²) in [6, 6.07) is 5.29. The lowest BCUT2D eigenvalue weighted by molar-refractivity contribution is -0.127. The average molecular weight is 316 g/mol. The molecule has 0 bridgehead atoms. The van der Waals surface area contributed by atoms with Crippen molar-refractivity contribution >= 4 is 35.2 Å². The van der Waals surface area contributed by atoms with Crippen molar-refractivity contribution in [2.45, 2.75) is 26.3 Å². The fraction of sp³-hybridized carbons (Fsp3) is 0.400. The number of rotatable bonds is 6. The van der Waals surface area contributed by atoms with Crippen molar-refractivity contribution in [3.63, 3.8) is 0 Å². The van der Waals surface area contributed by atoms with Crippen molar-refractivity contribution in [3.8, 4) is 0 Å². The molecule has 1 rings (SSSR count). The van der Waals surface area contributed by atoms with Gasteiger partial charge in [-0.05, 0) is 44.0 Å². The quantitative estimate of drug-likeness (QED) is 0.814. The van der Waals surface area contributed by atoms with E-state index in [1.807, 2.05) is 13.8 Å². The third-order valence-corrected chi connectivity index (χ3v) is 3.56. The van der Waals surface area contributed by atoms with Gasteiger partial charge in [-0.15, -0.1) is 0 Å². The Morgan fingerprint density at radius 2 is 2.05 bits per heavy atom. The lowest BCUT2D eigenvalue weighted by atomic mass is 10.2. The second kappa shape index (κ2) is 8.30.